The fraction of sp³-hybridized carbons (Fsp3) is 0.667. The van der Waals surface area contributed by atoms with Gasteiger partial charge in [-0.1, -0.05) is 0 Å². The Bertz CT molecular complexity index is 280. The van der Waals surface area contributed by atoms with E-state index >= 15 is 0 Å². The van der Waals surface area contributed by atoms with Crippen LogP contribution in [0.1, 0.15) is 27.7 Å². The second kappa shape index (κ2) is 6.59. The monoisotopic (exact) mass is 260 g/mol. The largest absolute Gasteiger partial charge is 0.485 e. The molecular formula is C12H24O4Si. The summed E-state index contributed by atoms with van der Waals surface area (Å²) in [5.41, 5.74) is 1.96. The van der Waals surface area contributed by atoms with Gasteiger partial charge in [0.2, 0.25) is 0 Å². The molecule has 0 saturated heterocycles. The van der Waals surface area contributed by atoms with Gasteiger partial charge in [0, 0.05) is 24.2 Å². The highest BCUT2D eigenvalue weighted by molar-refractivity contribution is 6.65. The van der Waals surface area contributed by atoms with Gasteiger partial charge in [0.15, 0.2) is 0 Å². The Morgan fingerprint density at radius 2 is 1.00 bits per heavy atom. The van der Waals surface area contributed by atoms with Gasteiger partial charge in [-0.3, -0.25) is 0 Å². The second-order valence-electron chi connectivity index (χ2n) is 4.59. The Hall–Kier alpha value is -1.10. The molecule has 0 unspecified atom stereocenters. The lowest BCUT2D eigenvalue weighted by Gasteiger charge is -2.26. The lowest BCUT2D eigenvalue weighted by atomic mass is 10.4. The quantitative estimate of drug-likeness (QED) is 0.541. The number of rotatable bonds is 6. The van der Waals surface area contributed by atoms with Gasteiger partial charge in [-0.05, 0) is 27.7 Å². The highest BCUT2D eigenvalue weighted by atomic mass is 28.4. The molecule has 0 amide bonds. The average molecular weight is 260 g/mol. The first-order valence-electron chi connectivity index (χ1n) is 5.54. The molecule has 0 atom stereocenters. The Kier molecular flexibility index (Phi) is 6.16. The van der Waals surface area contributed by atoms with Crippen LogP contribution in [0.15, 0.2) is 23.0 Å². The summed E-state index contributed by atoms with van der Waals surface area (Å²) in [4.78, 5) is 0. The average Bonchev–Trinajstić information content (AvgIpc) is 2.22. The molecule has 4 nitrogen and oxygen atoms in total. The standard InChI is InChI=1S/C12H24O4Si/c1-9(2)11(13-5)15-17(7,8)16-12(14-6)10(3)4/h1-8H3. The zero-order chi connectivity index (χ0) is 13.6. The van der Waals surface area contributed by atoms with E-state index in [1.165, 1.54) is 0 Å². The smallest absolute Gasteiger partial charge is 0.458 e. The number of allylic oxidation sites excluding steroid dienone is 2. The maximum absolute atomic E-state index is 5.79. The van der Waals surface area contributed by atoms with Crippen molar-refractivity contribution in [2.45, 2.75) is 40.8 Å². The summed E-state index contributed by atoms with van der Waals surface area (Å²) < 4.78 is 21.9. The van der Waals surface area contributed by atoms with Crippen LogP contribution >= 0.6 is 0 Å². The van der Waals surface area contributed by atoms with Gasteiger partial charge in [0.05, 0.1) is 14.2 Å². The predicted octanol–water partition coefficient (Wildman–Crippen LogP) is 3.52. The van der Waals surface area contributed by atoms with Gasteiger partial charge >= 0.3 is 8.56 Å². The summed E-state index contributed by atoms with van der Waals surface area (Å²) in [6, 6.07) is 0. The Morgan fingerprint density at radius 1 is 0.706 bits per heavy atom. The molecule has 0 aromatic heterocycles. The molecule has 0 rings (SSSR count). The maximum Gasteiger partial charge on any atom is 0.458 e. The zero-order valence-electron chi connectivity index (χ0n) is 12.1. The molecule has 0 aliphatic rings. The maximum atomic E-state index is 5.79. The highest BCUT2D eigenvalue weighted by Crippen LogP contribution is 2.20. The van der Waals surface area contributed by atoms with Crippen molar-refractivity contribution in [3.05, 3.63) is 23.0 Å². The van der Waals surface area contributed by atoms with Gasteiger partial charge in [-0.15, -0.1) is 0 Å². The van der Waals surface area contributed by atoms with Gasteiger partial charge in [0.1, 0.15) is 0 Å². The SMILES string of the molecule is COC(O[Si](C)(C)OC(OC)=C(C)C)=C(C)C. The van der Waals surface area contributed by atoms with E-state index in [-0.39, 0.29) is 0 Å². The summed E-state index contributed by atoms with van der Waals surface area (Å²) in [7, 11) is 0.814. The van der Waals surface area contributed by atoms with Crippen molar-refractivity contribution in [2.24, 2.45) is 0 Å². The van der Waals surface area contributed by atoms with E-state index in [4.69, 9.17) is 18.3 Å². The molecular weight excluding hydrogens is 236 g/mol. The van der Waals surface area contributed by atoms with Crippen LogP contribution in [0.2, 0.25) is 13.1 Å². The highest BCUT2D eigenvalue weighted by Gasteiger charge is 2.32. The summed E-state index contributed by atoms with van der Waals surface area (Å²) in [6.45, 7) is 11.6. The third-order valence-electron chi connectivity index (χ3n) is 1.86. The first-order valence-corrected chi connectivity index (χ1v) is 8.36. The molecule has 0 heterocycles. The van der Waals surface area contributed by atoms with E-state index in [1.807, 2.05) is 40.8 Å². The normalized spacial score (nSPS) is 10.4. The first kappa shape index (κ1) is 15.9. The third-order valence-corrected chi connectivity index (χ3v) is 3.22. The fourth-order valence-corrected chi connectivity index (χ4v) is 2.67. The van der Waals surface area contributed by atoms with Crippen LogP contribution in [-0.2, 0) is 18.3 Å². The van der Waals surface area contributed by atoms with Crippen molar-refractivity contribution in [3.63, 3.8) is 0 Å². The van der Waals surface area contributed by atoms with Crippen LogP contribution < -0.4 is 0 Å². The molecule has 0 aliphatic carbocycles. The van der Waals surface area contributed by atoms with Crippen LogP contribution in [0.3, 0.4) is 0 Å². The molecule has 0 spiro atoms. The van der Waals surface area contributed by atoms with Gasteiger partial charge < -0.3 is 18.3 Å². The summed E-state index contributed by atoms with van der Waals surface area (Å²) in [5.74, 6) is 1.04. The van der Waals surface area contributed by atoms with E-state index in [0.717, 1.165) is 11.1 Å². The van der Waals surface area contributed by atoms with Crippen molar-refractivity contribution in [2.75, 3.05) is 14.2 Å². The summed E-state index contributed by atoms with van der Waals surface area (Å²) in [6.07, 6.45) is 0. The molecule has 0 aliphatic heterocycles. The van der Waals surface area contributed by atoms with Crippen LogP contribution in [0, 0.1) is 0 Å². The molecule has 100 valence electrons. The minimum Gasteiger partial charge on any atom is -0.485 e. The van der Waals surface area contributed by atoms with Gasteiger partial charge in [-0.2, -0.15) is 0 Å². The van der Waals surface area contributed by atoms with Crippen molar-refractivity contribution in [3.8, 4) is 0 Å². The number of hydrogen-bond acceptors (Lipinski definition) is 4. The van der Waals surface area contributed by atoms with E-state index in [0.29, 0.717) is 11.9 Å². The van der Waals surface area contributed by atoms with E-state index in [1.54, 1.807) is 14.2 Å². The molecule has 0 bridgehead atoms. The molecule has 17 heavy (non-hydrogen) atoms. The van der Waals surface area contributed by atoms with Crippen molar-refractivity contribution in [1.29, 1.82) is 0 Å². The Labute approximate surface area is 105 Å². The van der Waals surface area contributed by atoms with Crippen LogP contribution in [-0.4, -0.2) is 22.8 Å². The molecule has 0 saturated carbocycles. The molecule has 0 aromatic rings. The zero-order valence-corrected chi connectivity index (χ0v) is 13.1. The molecule has 5 heteroatoms. The summed E-state index contributed by atoms with van der Waals surface area (Å²) >= 11 is 0. The number of methoxy groups -OCH3 is 2. The van der Waals surface area contributed by atoms with Gasteiger partial charge in [-0.25, -0.2) is 0 Å². The Morgan fingerprint density at radius 3 is 1.18 bits per heavy atom. The van der Waals surface area contributed by atoms with Crippen LogP contribution in [0.4, 0.5) is 0 Å². The van der Waals surface area contributed by atoms with E-state index in [2.05, 4.69) is 0 Å². The molecule has 0 N–H and O–H groups in total. The van der Waals surface area contributed by atoms with Crippen molar-refractivity contribution >= 4 is 8.56 Å². The first-order chi connectivity index (χ1) is 7.73. The van der Waals surface area contributed by atoms with Gasteiger partial charge in [0.25, 0.3) is 11.9 Å². The number of hydrogen-bond donors (Lipinski definition) is 0. The molecule has 0 fully saturated rings. The van der Waals surface area contributed by atoms with E-state index in [9.17, 15) is 0 Å². The van der Waals surface area contributed by atoms with Crippen LogP contribution in [0.25, 0.3) is 0 Å². The van der Waals surface area contributed by atoms with Crippen molar-refractivity contribution in [1.82, 2.24) is 0 Å². The third kappa shape index (κ3) is 5.67. The minimum absolute atomic E-state index is 0.519. The lowest BCUT2D eigenvalue weighted by Crippen LogP contribution is -2.35. The topological polar surface area (TPSA) is 36.9 Å². The lowest BCUT2D eigenvalue weighted by molar-refractivity contribution is 0.0789. The fourth-order valence-electron chi connectivity index (χ4n) is 1.16. The minimum atomic E-state index is -2.36. The molecule has 0 radical (unpaired) electrons. The van der Waals surface area contributed by atoms with E-state index < -0.39 is 8.56 Å². The van der Waals surface area contributed by atoms with Crippen LogP contribution in [0.5, 0.6) is 0 Å². The number of ether oxygens (including phenoxy) is 2. The predicted molar refractivity (Wildman–Crippen MR) is 70.4 cm³/mol. The van der Waals surface area contributed by atoms with Crippen molar-refractivity contribution < 1.29 is 18.3 Å². The second-order valence-corrected chi connectivity index (χ2v) is 7.80. The Balaban J connectivity index is 4.81. The molecule has 0 aromatic carbocycles. The summed E-state index contributed by atoms with van der Waals surface area (Å²) in [5, 5.41) is 0.